The molecule has 3 heteroatoms. The second-order valence-corrected chi connectivity index (χ2v) is 5.45. The van der Waals surface area contributed by atoms with Crippen LogP contribution in [-0.2, 0) is 6.54 Å². The summed E-state index contributed by atoms with van der Waals surface area (Å²) in [5, 5.41) is 3.46. The molecule has 3 aromatic rings. The maximum atomic E-state index is 5.36. The summed E-state index contributed by atoms with van der Waals surface area (Å²) < 4.78 is 10.6. The molecule has 0 radical (unpaired) electrons. The summed E-state index contributed by atoms with van der Waals surface area (Å²) in [6.07, 6.45) is 0. The van der Waals surface area contributed by atoms with Crippen LogP contribution in [0.15, 0.2) is 72.8 Å². The van der Waals surface area contributed by atoms with Crippen LogP contribution in [0.4, 0.5) is 5.69 Å². The molecule has 0 bridgehead atoms. The average Bonchev–Trinajstić information content (AvgIpc) is 2.67. The molecule has 1 N–H and O–H groups in total. The molecule has 0 spiro atoms. The van der Waals surface area contributed by atoms with Gasteiger partial charge in [0.1, 0.15) is 0 Å². The van der Waals surface area contributed by atoms with Gasteiger partial charge in [0.05, 0.1) is 14.2 Å². The van der Waals surface area contributed by atoms with Crippen molar-refractivity contribution in [2.75, 3.05) is 19.5 Å². The molecule has 0 fully saturated rings. The molecular formula is C21H21NO2. The number of nitrogens with one attached hydrogen (secondary N) is 1. The van der Waals surface area contributed by atoms with E-state index < -0.39 is 0 Å². The molecule has 0 aromatic heterocycles. The normalized spacial score (nSPS) is 10.2. The number of anilines is 1. The molecule has 122 valence electrons. The van der Waals surface area contributed by atoms with Gasteiger partial charge in [-0.25, -0.2) is 0 Å². The van der Waals surface area contributed by atoms with E-state index >= 15 is 0 Å². The monoisotopic (exact) mass is 319 g/mol. The SMILES string of the molecule is COc1ccc(NCc2ccccc2-c2ccccc2)cc1OC. The fourth-order valence-corrected chi connectivity index (χ4v) is 2.72. The van der Waals surface area contributed by atoms with Gasteiger partial charge in [-0.2, -0.15) is 0 Å². The van der Waals surface area contributed by atoms with E-state index in [9.17, 15) is 0 Å². The molecule has 3 rings (SSSR count). The van der Waals surface area contributed by atoms with Crippen molar-refractivity contribution in [2.24, 2.45) is 0 Å². The van der Waals surface area contributed by atoms with Gasteiger partial charge >= 0.3 is 0 Å². The summed E-state index contributed by atoms with van der Waals surface area (Å²) in [7, 11) is 3.29. The van der Waals surface area contributed by atoms with Crippen molar-refractivity contribution in [1.29, 1.82) is 0 Å². The number of ether oxygens (including phenoxy) is 2. The van der Waals surface area contributed by atoms with Crippen LogP contribution in [0.1, 0.15) is 5.56 Å². The first kappa shape index (κ1) is 15.9. The van der Waals surface area contributed by atoms with Crippen molar-refractivity contribution >= 4 is 5.69 Å². The molecule has 3 aromatic carbocycles. The van der Waals surface area contributed by atoms with E-state index in [4.69, 9.17) is 9.47 Å². The molecular weight excluding hydrogens is 298 g/mol. The first-order valence-electron chi connectivity index (χ1n) is 7.91. The largest absolute Gasteiger partial charge is 0.493 e. The van der Waals surface area contributed by atoms with Gasteiger partial charge in [0, 0.05) is 18.3 Å². The molecule has 0 aliphatic carbocycles. The summed E-state index contributed by atoms with van der Waals surface area (Å²) in [6, 6.07) is 24.7. The van der Waals surface area contributed by atoms with Crippen molar-refractivity contribution in [1.82, 2.24) is 0 Å². The lowest BCUT2D eigenvalue weighted by Crippen LogP contribution is -2.02. The summed E-state index contributed by atoms with van der Waals surface area (Å²) >= 11 is 0. The van der Waals surface area contributed by atoms with Crippen molar-refractivity contribution in [3.8, 4) is 22.6 Å². The molecule has 0 unspecified atom stereocenters. The predicted molar refractivity (Wildman–Crippen MR) is 98.8 cm³/mol. The Morgan fingerprint density at radius 3 is 2.21 bits per heavy atom. The second kappa shape index (κ2) is 7.55. The van der Waals surface area contributed by atoms with Gasteiger partial charge in [-0.15, -0.1) is 0 Å². The van der Waals surface area contributed by atoms with E-state index in [2.05, 4.69) is 53.8 Å². The zero-order valence-corrected chi connectivity index (χ0v) is 14.0. The van der Waals surface area contributed by atoms with E-state index in [0.717, 1.165) is 23.7 Å². The molecule has 0 aliphatic heterocycles. The Hall–Kier alpha value is -2.94. The van der Waals surface area contributed by atoms with Crippen LogP contribution in [0.25, 0.3) is 11.1 Å². The molecule has 3 nitrogen and oxygen atoms in total. The van der Waals surface area contributed by atoms with Crippen LogP contribution in [0, 0.1) is 0 Å². The Balaban J connectivity index is 1.81. The number of hydrogen-bond donors (Lipinski definition) is 1. The summed E-state index contributed by atoms with van der Waals surface area (Å²) in [5.41, 5.74) is 4.71. The third-order valence-corrected chi connectivity index (χ3v) is 3.97. The van der Waals surface area contributed by atoms with E-state index in [1.165, 1.54) is 16.7 Å². The highest BCUT2D eigenvalue weighted by atomic mass is 16.5. The Bertz CT molecular complexity index is 800. The topological polar surface area (TPSA) is 30.5 Å². The molecule has 24 heavy (non-hydrogen) atoms. The van der Waals surface area contributed by atoms with Crippen molar-refractivity contribution in [3.05, 3.63) is 78.4 Å². The van der Waals surface area contributed by atoms with Crippen molar-refractivity contribution in [2.45, 2.75) is 6.54 Å². The smallest absolute Gasteiger partial charge is 0.162 e. The standard InChI is InChI=1S/C21H21NO2/c1-23-20-13-12-18(14-21(20)24-2)22-15-17-10-6-7-11-19(17)16-8-4-3-5-9-16/h3-14,22H,15H2,1-2H3. The lowest BCUT2D eigenvalue weighted by Gasteiger charge is -2.13. The fraction of sp³-hybridized carbons (Fsp3) is 0.143. The lowest BCUT2D eigenvalue weighted by atomic mass is 10.00. The molecule has 0 amide bonds. The van der Waals surface area contributed by atoms with E-state index in [-0.39, 0.29) is 0 Å². The predicted octanol–water partition coefficient (Wildman–Crippen LogP) is 4.98. The minimum Gasteiger partial charge on any atom is -0.493 e. The maximum absolute atomic E-state index is 5.36. The maximum Gasteiger partial charge on any atom is 0.162 e. The van der Waals surface area contributed by atoms with Crippen LogP contribution < -0.4 is 14.8 Å². The molecule has 0 saturated heterocycles. The van der Waals surface area contributed by atoms with Crippen molar-refractivity contribution < 1.29 is 9.47 Å². The third-order valence-electron chi connectivity index (χ3n) is 3.97. The third kappa shape index (κ3) is 3.51. The summed E-state index contributed by atoms with van der Waals surface area (Å²) in [4.78, 5) is 0. The Morgan fingerprint density at radius 1 is 0.750 bits per heavy atom. The molecule has 0 atom stereocenters. The van der Waals surface area contributed by atoms with E-state index in [1.54, 1.807) is 14.2 Å². The number of benzene rings is 3. The highest BCUT2D eigenvalue weighted by Crippen LogP contribution is 2.30. The Kier molecular flexibility index (Phi) is 5.02. The van der Waals surface area contributed by atoms with E-state index in [1.807, 2.05) is 24.3 Å². The zero-order valence-electron chi connectivity index (χ0n) is 14.0. The first-order valence-corrected chi connectivity index (χ1v) is 7.91. The summed E-state index contributed by atoms with van der Waals surface area (Å²) in [6.45, 7) is 0.737. The van der Waals surface area contributed by atoms with Crippen LogP contribution in [0.3, 0.4) is 0 Å². The molecule has 0 saturated carbocycles. The van der Waals surface area contributed by atoms with Gasteiger partial charge in [0.25, 0.3) is 0 Å². The zero-order chi connectivity index (χ0) is 16.8. The Morgan fingerprint density at radius 2 is 1.46 bits per heavy atom. The van der Waals surface area contributed by atoms with Gasteiger partial charge in [-0.3, -0.25) is 0 Å². The highest BCUT2D eigenvalue weighted by molar-refractivity contribution is 5.68. The molecule has 0 aliphatic rings. The summed E-state index contributed by atoms with van der Waals surface area (Å²) in [5.74, 6) is 1.45. The van der Waals surface area contributed by atoms with Crippen LogP contribution in [-0.4, -0.2) is 14.2 Å². The van der Waals surface area contributed by atoms with Gasteiger partial charge in [0.15, 0.2) is 11.5 Å². The number of hydrogen-bond acceptors (Lipinski definition) is 3. The van der Waals surface area contributed by atoms with Crippen LogP contribution >= 0.6 is 0 Å². The first-order chi connectivity index (χ1) is 11.8. The lowest BCUT2D eigenvalue weighted by molar-refractivity contribution is 0.355. The minimum atomic E-state index is 0.721. The second-order valence-electron chi connectivity index (χ2n) is 5.45. The minimum absolute atomic E-state index is 0.721. The van der Waals surface area contributed by atoms with Gasteiger partial charge in [-0.1, -0.05) is 54.6 Å². The highest BCUT2D eigenvalue weighted by Gasteiger charge is 2.06. The fourth-order valence-electron chi connectivity index (χ4n) is 2.72. The number of methoxy groups -OCH3 is 2. The van der Waals surface area contributed by atoms with Crippen LogP contribution in [0.5, 0.6) is 11.5 Å². The average molecular weight is 319 g/mol. The molecule has 0 heterocycles. The number of rotatable bonds is 6. The quantitative estimate of drug-likeness (QED) is 0.695. The van der Waals surface area contributed by atoms with Crippen molar-refractivity contribution in [3.63, 3.8) is 0 Å². The van der Waals surface area contributed by atoms with Gasteiger partial charge < -0.3 is 14.8 Å². The van der Waals surface area contributed by atoms with Gasteiger partial charge in [0.2, 0.25) is 0 Å². The Labute approximate surface area is 142 Å². The van der Waals surface area contributed by atoms with Gasteiger partial charge in [-0.05, 0) is 28.8 Å². The van der Waals surface area contributed by atoms with E-state index in [0.29, 0.717) is 0 Å². The van der Waals surface area contributed by atoms with Crippen LogP contribution in [0.2, 0.25) is 0 Å².